The number of nitrogens with one attached hydrogen (secondary N) is 2. The molecule has 0 unspecified atom stereocenters. The fourth-order valence-electron chi connectivity index (χ4n) is 5.53. The number of hydrogen-bond donors (Lipinski definition) is 3. The minimum atomic E-state index is -0.229. The van der Waals surface area contributed by atoms with Crippen LogP contribution in [0, 0.1) is 11.7 Å². The second-order valence-electron chi connectivity index (χ2n) is 10.8. The summed E-state index contributed by atoms with van der Waals surface area (Å²) in [5.74, 6) is -0.342. The molecule has 3 aromatic rings. The van der Waals surface area contributed by atoms with E-state index < -0.39 is 0 Å². The molecule has 1 saturated heterocycles. The molecule has 8 heteroatoms. The second-order valence-corrected chi connectivity index (χ2v) is 10.8. The Bertz CT molecular complexity index is 1300. The van der Waals surface area contributed by atoms with Crippen molar-refractivity contribution in [1.82, 2.24) is 10.2 Å². The number of nitrogens with zero attached hydrogens (tertiary/aromatic N) is 2. The summed E-state index contributed by atoms with van der Waals surface area (Å²) >= 11 is 0. The largest absolute Gasteiger partial charge is 0.369 e. The molecule has 5 rings (SSSR count). The average Bonchev–Trinajstić information content (AvgIpc) is 3.53. The molecule has 0 bridgehead atoms. The molecule has 1 heterocycles. The van der Waals surface area contributed by atoms with Crippen LogP contribution in [-0.2, 0) is 24.4 Å². The Morgan fingerprint density at radius 3 is 2.23 bits per heavy atom. The summed E-state index contributed by atoms with van der Waals surface area (Å²) in [6, 6.07) is 20.1. The molecular weight excluding hydrogens is 505 g/mol. The van der Waals surface area contributed by atoms with Gasteiger partial charge in [-0.2, -0.15) is 0 Å². The number of rotatable bonds is 9. The topological polar surface area (TPSA) is 90.7 Å². The van der Waals surface area contributed by atoms with Crippen molar-refractivity contribution >= 4 is 23.2 Å². The molecule has 1 aliphatic carbocycles. The molecule has 0 spiro atoms. The summed E-state index contributed by atoms with van der Waals surface area (Å²) in [5.41, 5.74) is 11.0. The number of carbonyl (C=O) groups is 2. The summed E-state index contributed by atoms with van der Waals surface area (Å²) in [5, 5.41) is 6.15. The third-order valence-corrected chi connectivity index (χ3v) is 8.03. The highest BCUT2D eigenvalue weighted by Crippen LogP contribution is 2.28. The number of nitrogens with two attached hydrogens (primary N) is 1. The van der Waals surface area contributed by atoms with Gasteiger partial charge in [0, 0.05) is 68.7 Å². The minimum Gasteiger partial charge on any atom is -0.369 e. The van der Waals surface area contributed by atoms with Crippen LogP contribution in [0.3, 0.4) is 0 Å². The van der Waals surface area contributed by atoms with E-state index in [0.29, 0.717) is 30.9 Å². The third kappa shape index (κ3) is 7.06. The quantitative estimate of drug-likeness (QED) is 0.365. The molecule has 2 aliphatic rings. The molecule has 2 amide bonds. The van der Waals surface area contributed by atoms with E-state index in [4.69, 9.17) is 5.73 Å². The molecule has 0 atom stereocenters. The number of anilines is 2. The summed E-state index contributed by atoms with van der Waals surface area (Å²) < 4.78 is 13.3. The highest BCUT2D eigenvalue weighted by Gasteiger charge is 2.25. The molecular formula is C32H38FN5O2. The van der Waals surface area contributed by atoms with E-state index in [9.17, 15) is 14.0 Å². The van der Waals surface area contributed by atoms with Gasteiger partial charge in [-0.3, -0.25) is 14.5 Å². The maximum Gasteiger partial charge on any atom is 0.251 e. The smallest absolute Gasteiger partial charge is 0.251 e. The zero-order chi connectivity index (χ0) is 27.9. The number of hydrogen-bond acceptors (Lipinski definition) is 5. The third-order valence-electron chi connectivity index (χ3n) is 8.03. The van der Waals surface area contributed by atoms with E-state index >= 15 is 0 Å². The molecule has 210 valence electrons. The van der Waals surface area contributed by atoms with Gasteiger partial charge in [0.25, 0.3) is 5.91 Å². The molecule has 0 aromatic heterocycles. The predicted molar refractivity (Wildman–Crippen MR) is 156 cm³/mol. The lowest BCUT2D eigenvalue weighted by Crippen LogP contribution is -2.46. The first-order valence-electron chi connectivity index (χ1n) is 14.2. The van der Waals surface area contributed by atoms with Crippen molar-refractivity contribution in [2.24, 2.45) is 11.7 Å². The Morgan fingerprint density at radius 1 is 0.875 bits per heavy atom. The van der Waals surface area contributed by atoms with E-state index in [1.807, 2.05) is 54.6 Å². The van der Waals surface area contributed by atoms with Crippen molar-refractivity contribution in [3.63, 3.8) is 0 Å². The van der Waals surface area contributed by atoms with Crippen LogP contribution in [0.5, 0.6) is 0 Å². The van der Waals surface area contributed by atoms with E-state index in [1.165, 1.54) is 12.1 Å². The highest BCUT2D eigenvalue weighted by atomic mass is 19.1. The van der Waals surface area contributed by atoms with Gasteiger partial charge in [-0.05, 0) is 65.9 Å². The lowest BCUT2D eigenvalue weighted by atomic mass is 10.0. The normalized spacial score (nSPS) is 16.2. The Labute approximate surface area is 235 Å². The first-order valence-corrected chi connectivity index (χ1v) is 14.2. The number of amides is 2. The van der Waals surface area contributed by atoms with Gasteiger partial charge in [-0.15, -0.1) is 0 Å². The fourth-order valence-corrected chi connectivity index (χ4v) is 5.53. The van der Waals surface area contributed by atoms with Crippen LogP contribution in [0.15, 0.2) is 66.7 Å². The lowest BCUT2D eigenvalue weighted by molar-refractivity contribution is -0.119. The minimum absolute atomic E-state index is 0.0288. The first kappa shape index (κ1) is 27.8. The lowest BCUT2D eigenvalue weighted by Gasteiger charge is -2.36. The van der Waals surface area contributed by atoms with Crippen LogP contribution in [0.4, 0.5) is 15.8 Å². The monoisotopic (exact) mass is 543 g/mol. The fraction of sp³-hybridized carbons (Fsp3) is 0.375. The van der Waals surface area contributed by atoms with Gasteiger partial charge in [0.05, 0.1) is 0 Å². The number of carbonyl (C=O) groups excluding carboxylic acids is 2. The average molecular weight is 544 g/mol. The predicted octanol–water partition coefficient (Wildman–Crippen LogP) is 4.67. The number of halogens is 1. The van der Waals surface area contributed by atoms with Crippen molar-refractivity contribution in [1.29, 1.82) is 0 Å². The Kier molecular flexibility index (Phi) is 9.08. The summed E-state index contributed by atoms with van der Waals surface area (Å²) in [6.45, 7) is 4.93. The van der Waals surface area contributed by atoms with E-state index in [1.54, 1.807) is 0 Å². The summed E-state index contributed by atoms with van der Waals surface area (Å²) in [6.07, 6.45) is 3.99. The maximum absolute atomic E-state index is 13.3. The van der Waals surface area contributed by atoms with Gasteiger partial charge in [0.2, 0.25) is 5.91 Å². The molecule has 0 radical (unpaired) electrons. The molecule has 40 heavy (non-hydrogen) atoms. The second kappa shape index (κ2) is 13.1. The van der Waals surface area contributed by atoms with Crippen LogP contribution in [-0.4, -0.2) is 42.9 Å². The van der Waals surface area contributed by atoms with Gasteiger partial charge < -0.3 is 21.3 Å². The Balaban J connectivity index is 1.26. The van der Waals surface area contributed by atoms with Crippen LogP contribution < -0.4 is 21.3 Å². The van der Waals surface area contributed by atoms with Gasteiger partial charge in [0.1, 0.15) is 5.82 Å². The molecule has 4 N–H and O–H groups in total. The standard InChI is InChI=1S/C32H38FN5O2/c33-28-11-13-29(14-12-28)38-17-15-37(16-18-38)22-27-10-9-26(19-30(27)36-32(40)25-3-1-2-4-25)31(39)35-21-24-7-5-23(20-34)6-8-24/h5-14,19,25H,1-4,15-18,20-22,34H2,(H,35,39)(H,36,40). The van der Waals surface area contributed by atoms with Crippen molar-refractivity contribution in [2.75, 3.05) is 36.4 Å². The van der Waals surface area contributed by atoms with Crippen molar-refractivity contribution in [2.45, 2.75) is 45.3 Å². The summed E-state index contributed by atoms with van der Waals surface area (Å²) in [4.78, 5) is 30.7. The zero-order valence-electron chi connectivity index (χ0n) is 22.9. The van der Waals surface area contributed by atoms with Crippen LogP contribution in [0.2, 0.25) is 0 Å². The zero-order valence-corrected chi connectivity index (χ0v) is 22.9. The molecule has 1 aliphatic heterocycles. The highest BCUT2D eigenvalue weighted by molar-refractivity contribution is 5.98. The SMILES string of the molecule is NCc1ccc(CNC(=O)c2ccc(CN3CCN(c4ccc(F)cc4)CC3)c(NC(=O)C3CCCC3)c2)cc1. The van der Waals surface area contributed by atoms with Crippen molar-refractivity contribution in [3.8, 4) is 0 Å². The van der Waals surface area contributed by atoms with Crippen LogP contribution in [0.1, 0.15) is 52.7 Å². The molecule has 7 nitrogen and oxygen atoms in total. The van der Waals surface area contributed by atoms with Gasteiger partial charge in [-0.1, -0.05) is 43.2 Å². The van der Waals surface area contributed by atoms with Crippen molar-refractivity contribution < 1.29 is 14.0 Å². The van der Waals surface area contributed by atoms with E-state index in [0.717, 1.165) is 74.2 Å². The first-order chi connectivity index (χ1) is 19.5. The van der Waals surface area contributed by atoms with Crippen LogP contribution in [0.25, 0.3) is 0 Å². The maximum atomic E-state index is 13.3. The molecule has 3 aromatic carbocycles. The summed E-state index contributed by atoms with van der Waals surface area (Å²) in [7, 11) is 0. The van der Waals surface area contributed by atoms with E-state index in [-0.39, 0.29) is 23.5 Å². The van der Waals surface area contributed by atoms with Crippen LogP contribution >= 0.6 is 0 Å². The van der Waals surface area contributed by atoms with Gasteiger partial charge >= 0.3 is 0 Å². The molecule has 2 fully saturated rings. The number of piperazine rings is 1. The van der Waals surface area contributed by atoms with E-state index in [2.05, 4.69) is 20.4 Å². The number of benzene rings is 3. The van der Waals surface area contributed by atoms with Gasteiger partial charge in [0.15, 0.2) is 0 Å². The van der Waals surface area contributed by atoms with Gasteiger partial charge in [-0.25, -0.2) is 4.39 Å². The Morgan fingerprint density at radius 2 is 1.55 bits per heavy atom. The van der Waals surface area contributed by atoms with Crippen molar-refractivity contribution in [3.05, 3.63) is 94.8 Å². The molecule has 1 saturated carbocycles. The Hall–Kier alpha value is -3.75.